The van der Waals surface area contributed by atoms with Crippen molar-refractivity contribution in [2.75, 3.05) is 7.11 Å². The van der Waals surface area contributed by atoms with Crippen LogP contribution in [0, 0.1) is 0 Å². The molecule has 1 unspecified atom stereocenters. The highest BCUT2D eigenvalue weighted by molar-refractivity contribution is 5.83. The molecular formula is C11H13F2NO3. The van der Waals surface area contributed by atoms with Crippen molar-refractivity contribution >= 4 is 5.97 Å². The van der Waals surface area contributed by atoms with Crippen molar-refractivity contribution in [3.8, 4) is 5.75 Å². The SMILES string of the molecule is COc1ccccc1C(N)(C(=O)O)C(C)(F)F. The number of alkyl halides is 2. The van der Waals surface area contributed by atoms with E-state index in [4.69, 9.17) is 15.6 Å². The second-order valence-corrected chi connectivity index (χ2v) is 3.70. The predicted molar refractivity (Wildman–Crippen MR) is 57.1 cm³/mol. The summed E-state index contributed by atoms with van der Waals surface area (Å²) in [5.41, 5.74) is 2.30. The molecule has 0 aromatic heterocycles. The van der Waals surface area contributed by atoms with Crippen LogP contribution >= 0.6 is 0 Å². The smallest absolute Gasteiger partial charge is 0.334 e. The number of methoxy groups -OCH3 is 1. The number of hydrogen-bond acceptors (Lipinski definition) is 3. The van der Waals surface area contributed by atoms with Crippen LogP contribution in [0.3, 0.4) is 0 Å². The summed E-state index contributed by atoms with van der Waals surface area (Å²) in [6.45, 7) is 0.466. The van der Waals surface area contributed by atoms with Gasteiger partial charge in [-0.3, -0.25) is 0 Å². The summed E-state index contributed by atoms with van der Waals surface area (Å²) >= 11 is 0. The van der Waals surface area contributed by atoms with Gasteiger partial charge in [-0.2, -0.15) is 0 Å². The number of rotatable bonds is 4. The number of benzene rings is 1. The number of ether oxygens (including phenoxy) is 1. The first kappa shape index (κ1) is 13.4. The maximum Gasteiger partial charge on any atom is 0.334 e. The van der Waals surface area contributed by atoms with Crippen molar-refractivity contribution in [3.05, 3.63) is 29.8 Å². The topological polar surface area (TPSA) is 72.5 Å². The summed E-state index contributed by atoms with van der Waals surface area (Å²) in [4.78, 5) is 11.1. The molecule has 0 aliphatic carbocycles. The molecule has 0 fully saturated rings. The number of carboxylic acid groups (broad SMARTS) is 1. The molecule has 0 amide bonds. The van der Waals surface area contributed by atoms with Crippen molar-refractivity contribution in [1.29, 1.82) is 0 Å². The average molecular weight is 245 g/mol. The molecular weight excluding hydrogens is 232 g/mol. The van der Waals surface area contributed by atoms with Gasteiger partial charge in [0.05, 0.1) is 7.11 Å². The van der Waals surface area contributed by atoms with E-state index in [9.17, 15) is 13.6 Å². The zero-order chi connectivity index (χ0) is 13.3. The minimum atomic E-state index is -3.63. The molecule has 0 radical (unpaired) electrons. The van der Waals surface area contributed by atoms with Gasteiger partial charge < -0.3 is 15.6 Å². The number of hydrogen-bond donors (Lipinski definition) is 2. The van der Waals surface area contributed by atoms with E-state index in [2.05, 4.69) is 0 Å². The highest BCUT2D eigenvalue weighted by Gasteiger charge is 2.56. The Hall–Kier alpha value is -1.69. The van der Waals surface area contributed by atoms with E-state index < -0.39 is 17.4 Å². The maximum absolute atomic E-state index is 13.5. The van der Waals surface area contributed by atoms with Crippen LogP contribution in [0.4, 0.5) is 8.78 Å². The summed E-state index contributed by atoms with van der Waals surface area (Å²) in [5, 5.41) is 8.98. The number of halogens is 2. The van der Waals surface area contributed by atoms with E-state index >= 15 is 0 Å². The number of carboxylic acids is 1. The Morgan fingerprint density at radius 2 is 1.94 bits per heavy atom. The van der Waals surface area contributed by atoms with E-state index in [1.165, 1.54) is 25.3 Å². The first-order valence-electron chi connectivity index (χ1n) is 4.78. The van der Waals surface area contributed by atoms with Crippen LogP contribution in [0.1, 0.15) is 12.5 Å². The van der Waals surface area contributed by atoms with Crippen LogP contribution in [0.5, 0.6) is 5.75 Å². The molecule has 1 aromatic carbocycles. The molecule has 4 nitrogen and oxygen atoms in total. The molecule has 0 bridgehead atoms. The molecule has 1 aromatic rings. The Bertz CT molecular complexity index is 431. The largest absolute Gasteiger partial charge is 0.496 e. The Balaban J connectivity index is 3.49. The molecule has 0 saturated carbocycles. The minimum absolute atomic E-state index is 0.0129. The van der Waals surface area contributed by atoms with Crippen molar-refractivity contribution < 1.29 is 23.4 Å². The molecule has 3 N–H and O–H groups in total. The number of aliphatic carboxylic acids is 1. The van der Waals surface area contributed by atoms with Crippen molar-refractivity contribution in [3.63, 3.8) is 0 Å². The second-order valence-electron chi connectivity index (χ2n) is 3.70. The fraction of sp³-hybridized carbons (Fsp3) is 0.364. The van der Waals surface area contributed by atoms with Crippen LogP contribution in [-0.4, -0.2) is 24.1 Å². The van der Waals surface area contributed by atoms with E-state index in [1.54, 1.807) is 6.07 Å². The van der Waals surface area contributed by atoms with Gasteiger partial charge in [0.15, 0.2) is 0 Å². The molecule has 1 atom stereocenters. The van der Waals surface area contributed by atoms with Gasteiger partial charge in [0.1, 0.15) is 5.75 Å². The Labute approximate surface area is 97.0 Å². The van der Waals surface area contributed by atoms with E-state index in [1.807, 2.05) is 0 Å². The quantitative estimate of drug-likeness (QED) is 0.844. The number of carbonyl (C=O) groups is 1. The van der Waals surface area contributed by atoms with Gasteiger partial charge in [-0.05, 0) is 6.07 Å². The summed E-state index contributed by atoms with van der Waals surface area (Å²) in [6, 6.07) is 5.56. The molecule has 0 saturated heterocycles. The van der Waals surface area contributed by atoms with Crippen LogP contribution in [0.25, 0.3) is 0 Å². The van der Waals surface area contributed by atoms with Crippen LogP contribution in [0.15, 0.2) is 24.3 Å². The highest BCUT2D eigenvalue weighted by atomic mass is 19.3. The van der Waals surface area contributed by atoms with Crippen LogP contribution in [0.2, 0.25) is 0 Å². The fourth-order valence-electron chi connectivity index (χ4n) is 1.51. The molecule has 0 aliphatic heterocycles. The summed E-state index contributed by atoms with van der Waals surface area (Å²) in [6.07, 6.45) is 0. The monoisotopic (exact) mass is 245 g/mol. The number of nitrogens with two attached hydrogens (primary N) is 1. The first-order chi connectivity index (χ1) is 7.75. The summed E-state index contributed by atoms with van der Waals surface area (Å²) in [7, 11) is 1.26. The van der Waals surface area contributed by atoms with Gasteiger partial charge in [0, 0.05) is 12.5 Å². The van der Waals surface area contributed by atoms with Crippen LogP contribution in [-0.2, 0) is 10.3 Å². The summed E-state index contributed by atoms with van der Waals surface area (Å²) in [5.74, 6) is -5.43. The lowest BCUT2D eigenvalue weighted by atomic mass is 9.84. The predicted octanol–water partition coefficient (Wildman–Crippen LogP) is 1.59. The zero-order valence-electron chi connectivity index (χ0n) is 9.41. The van der Waals surface area contributed by atoms with Gasteiger partial charge in [-0.1, -0.05) is 18.2 Å². The molecule has 0 heterocycles. The average Bonchev–Trinajstić information content (AvgIpc) is 2.26. The highest BCUT2D eigenvalue weighted by Crippen LogP contribution is 2.39. The van der Waals surface area contributed by atoms with Gasteiger partial charge in [0.25, 0.3) is 5.92 Å². The van der Waals surface area contributed by atoms with Gasteiger partial charge >= 0.3 is 5.97 Å². The molecule has 17 heavy (non-hydrogen) atoms. The second kappa shape index (κ2) is 4.29. The third kappa shape index (κ3) is 2.08. The Kier molecular flexibility index (Phi) is 3.38. The third-order valence-corrected chi connectivity index (χ3v) is 2.56. The molecule has 1 rings (SSSR count). The van der Waals surface area contributed by atoms with E-state index in [0.717, 1.165) is 0 Å². The lowest BCUT2D eigenvalue weighted by Crippen LogP contribution is -2.57. The van der Waals surface area contributed by atoms with Gasteiger partial charge in [-0.15, -0.1) is 0 Å². The minimum Gasteiger partial charge on any atom is -0.496 e. The van der Waals surface area contributed by atoms with Crippen molar-refractivity contribution in [2.45, 2.75) is 18.4 Å². The molecule has 94 valence electrons. The first-order valence-corrected chi connectivity index (χ1v) is 4.78. The van der Waals surface area contributed by atoms with Crippen LogP contribution < -0.4 is 10.5 Å². The molecule has 6 heteroatoms. The van der Waals surface area contributed by atoms with Crippen molar-refractivity contribution in [2.24, 2.45) is 5.73 Å². The summed E-state index contributed by atoms with van der Waals surface area (Å²) < 4.78 is 31.8. The Morgan fingerprint density at radius 3 is 2.35 bits per heavy atom. The third-order valence-electron chi connectivity index (χ3n) is 2.56. The zero-order valence-corrected chi connectivity index (χ0v) is 9.41. The normalized spacial score (nSPS) is 15.1. The lowest BCUT2D eigenvalue weighted by Gasteiger charge is -2.32. The maximum atomic E-state index is 13.5. The standard InChI is InChI=1S/C11H13F2NO3/c1-10(12,13)11(14,9(15)16)7-5-3-4-6-8(7)17-2/h3-6H,14H2,1-2H3,(H,15,16). The fourth-order valence-corrected chi connectivity index (χ4v) is 1.51. The number of para-hydroxylation sites is 1. The molecule has 0 spiro atoms. The molecule has 0 aliphatic rings. The van der Waals surface area contributed by atoms with Crippen molar-refractivity contribution in [1.82, 2.24) is 0 Å². The van der Waals surface area contributed by atoms with E-state index in [0.29, 0.717) is 6.92 Å². The van der Waals surface area contributed by atoms with Gasteiger partial charge in [-0.25, -0.2) is 13.6 Å². The Morgan fingerprint density at radius 1 is 1.41 bits per heavy atom. The van der Waals surface area contributed by atoms with Gasteiger partial charge in [0.2, 0.25) is 5.54 Å². The van der Waals surface area contributed by atoms with E-state index in [-0.39, 0.29) is 11.3 Å². The lowest BCUT2D eigenvalue weighted by molar-refractivity contribution is -0.160.